The van der Waals surface area contributed by atoms with Gasteiger partial charge in [-0.2, -0.15) is 13.2 Å². The highest BCUT2D eigenvalue weighted by Crippen LogP contribution is 2.31. The fraction of sp³-hybridized carbons (Fsp3) is 0.280. The summed E-state index contributed by atoms with van der Waals surface area (Å²) in [6.07, 6.45) is -4.02. The summed E-state index contributed by atoms with van der Waals surface area (Å²) in [5.41, 5.74) is 2.14. The molecule has 0 aliphatic carbocycles. The van der Waals surface area contributed by atoms with Gasteiger partial charge in [0.1, 0.15) is 5.75 Å². The Morgan fingerprint density at radius 1 is 1.03 bits per heavy atom. The maximum atomic E-state index is 13.0. The van der Waals surface area contributed by atoms with Gasteiger partial charge < -0.3 is 4.74 Å². The fourth-order valence-electron chi connectivity index (χ4n) is 4.13. The summed E-state index contributed by atoms with van der Waals surface area (Å²) >= 11 is 0. The number of methoxy groups -OCH3 is 1. The molecule has 1 aliphatic rings. The molecule has 1 saturated heterocycles. The van der Waals surface area contributed by atoms with E-state index >= 15 is 0 Å². The zero-order chi connectivity index (χ0) is 24.3. The lowest BCUT2D eigenvalue weighted by Gasteiger charge is -2.18. The van der Waals surface area contributed by atoms with Crippen molar-refractivity contribution < 1.29 is 26.3 Å². The molecule has 1 atom stereocenters. The number of rotatable bonds is 7. The first-order chi connectivity index (χ1) is 16.2. The number of sulfonamides is 1. The van der Waals surface area contributed by atoms with Crippen molar-refractivity contribution in [3.05, 3.63) is 83.9 Å². The molecule has 1 heterocycles. The van der Waals surface area contributed by atoms with Crippen molar-refractivity contribution in [2.45, 2.75) is 30.1 Å². The Kier molecular flexibility index (Phi) is 6.97. The van der Waals surface area contributed by atoms with Crippen molar-refractivity contribution in [1.29, 1.82) is 0 Å². The van der Waals surface area contributed by atoms with Gasteiger partial charge in [-0.1, -0.05) is 48.5 Å². The molecule has 3 aromatic rings. The monoisotopic (exact) mass is 490 g/mol. The number of hydrogen-bond donors (Lipinski definition) is 1. The fourth-order valence-corrected chi connectivity index (χ4v) is 5.44. The molecule has 1 fully saturated rings. The van der Waals surface area contributed by atoms with Gasteiger partial charge in [0.15, 0.2) is 0 Å². The number of para-hydroxylation sites is 1. The van der Waals surface area contributed by atoms with E-state index in [-0.39, 0.29) is 10.9 Å². The minimum Gasteiger partial charge on any atom is -0.496 e. The topological polar surface area (TPSA) is 58.6 Å². The van der Waals surface area contributed by atoms with Crippen LogP contribution in [-0.4, -0.2) is 39.6 Å². The van der Waals surface area contributed by atoms with Crippen LogP contribution in [0.1, 0.15) is 17.5 Å². The summed E-state index contributed by atoms with van der Waals surface area (Å²) in [5, 5.41) is 0. The van der Waals surface area contributed by atoms with E-state index in [1.165, 1.54) is 6.07 Å². The lowest BCUT2D eigenvalue weighted by molar-refractivity contribution is -0.137. The third-order valence-corrected chi connectivity index (χ3v) is 7.36. The molecule has 0 amide bonds. The van der Waals surface area contributed by atoms with Crippen LogP contribution in [0.4, 0.5) is 13.2 Å². The lowest BCUT2D eigenvalue weighted by atomic mass is 10.0. The number of ether oxygens (including phenoxy) is 1. The Bertz CT molecular complexity index is 1240. The molecule has 34 heavy (non-hydrogen) atoms. The highest BCUT2D eigenvalue weighted by molar-refractivity contribution is 7.89. The summed E-state index contributed by atoms with van der Waals surface area (Å²) in [5.74, 6) is 0.797. The molecular formula is C25H25F3N2O3S. The average Bonchev–Trinajstić information content (AvgIpc) is 3.25. The minimum atomic E-state index is -4.60. The first kappa shape index (κ1) is 24.3. The molecule has 5 nitrogen and oxygen atoms in total. The molecule has 3 aromatic carbocycles. The zero-order valence-electron chi connectivity index (χ0n) is 18.5. The number of alkyl halides is 3. The maximum absolute atomic E-state index is 13.0. The summed E-state index contributed by atoms with van der Waals surface area (Å²) in [6, 6.07) is 19.3. The molecule has 9 heteroatoms. The first-order valence-corrected chi connectivity index (χ1v) is 12.3. The van der Waals surface area contributed by atoms with Gasteiger partial charge in [-0.05, 0) is 41.8 Å². The Morgan fingerprint density at radius 3 is 2.47 bits per heavy atom. The Balaban J connectivity index is 1.38. The zero-order valence-corrected chi connectivity index (χ0v) is 19.4. The van der Waals surface area contributed by atoms with Gasteiger partial charge in [0.05, 0.1) is 17.6 Å². The summed E-state index contributed by atoms with van der Waals surface area (Å²) < 4.78 is 72.1. The van der Waals surface area contributed by atoms with E-state index in [9.17, 15) is 21.6 Å². The molecular weight excluding hydrogens is 465 g/mol. The standard InChI is InChI=1S/C25H25F3N2O3S/c1-33-24-8-3-2-7-23(24)19-11-9-18(10-12-19)16-30-14-13-21(17-30)29-34(31,32)22-6-4-5-20(15-22)25(26,27)28/h2-12,15,21,29H,13-14,16-17H2,1H3/t21-/m1/s1. The van der Waals surface area contributed by atoms with Crippen LogP contribution in [0.25, 0.3) is 11.1 Å². The molecule has 0 aromatic heterocycles. The third-order valence-electron chi connectivity index (χ3n) is 5.84. The van der Waals surface area contributed by atoms with Crippen molar-refractivity contribution in [2.75, 3.05) is 20.2 Å². The number of hydrogen-bond acceptors (Lipinski definition) is 4. The van der Waals surface area contributed by atoms with Crippen molar-refractivity contribution in [1.82, 2.24) is 9.62 Å². The van der Waals surface area contributed by atoms with E-state index in [2.05, 4.69) is 9.62 Å². The Labute approximate surface area is 197 Å². The normalized spacial score (nSPS) is 17.1. The number of benzene rings is 3. The molecule has 0 spiro atoms. The van der Waals surface area contributed by atoms with Crippen LogP contribution in [0, 0.1) is 0 Å². The predicted molar refractivity (Wildman–Crippen MR) is 124 cm³/mol. The minimum absolute atomic E-state index is 0.368. The van der Waals surface area contributed by atoms with Crippen molar-refractivity contribution in [2.24, 2.45) is 0 Å². The third kappa shape index (κ3) is 5.60. The number of nitrogens with one attached hydrogen (secondary N) is 1. The molecule has 0 saturated carbocycles. The molecule has 4 rings (SSSR count). The van der Waals surface area contributed by atoms with Crippen molar-refractivity contribution in [3.63, 3.8) is 0 Å². The number of likely N-dealkylation sites (tertiary alicyclic amines) is 1. The second-order valence-corrected chi connectivity index (χ2v) is 9.98. The van der Waals surface area contributed by atoms with Gasteiger partial charge in [0.25, 0.3) is 0 Å². The van der Waals surface area contributed by atoms with Crippen LogP contribution in [0.2, 0.25) is 0 Å². The first-order valence-electron chi connectivity index (χ1n) is 10.8. The van der Waals surface area contributed by atoms with Crippen LogP contribution in [0.3, 0.4) is 0 Å². The van der Waals surface area contributed by atoms with E-state index in [1.807, 2.05) is 48.5 Å². The van der Waals surface area contributed by atoms with Crippen molar-refractivity contribution >= 4 is 10.0 Å². The predicted octanol–water partition coefficient (Wildman–Crippen LogP) is 4.93. The van der Waals surface area contributed by atoms with Gasteiger partial charge in [-0.3, -0.25) is 4.90 Å². The highest BCUT2D eigenvalue weighted by atomic mass is 32.2. The Morgan fingerprint density at radius 2 is 1.76 bits per heavy atom. The highest BCUT2D eigenvalue weighted by Gasteiger charge is 2.33. The van der Waals surface area contributed by atoms with Crippen LogP contribution < -0.4 is 9.46 Å². The van der Waals surface area contributed by atoms with Crippen LogP contribution in [-0.2, 0) is 22.7 Å². The van der Waals surface area contributed by atoms with Crippen molar-refractivity contribution in [3.8, 4) is 16.9 Å². The molecule has 0 bridgehead atoms. The quantitative estimate of drug-likeness (QED) is 0.510. The second-order valence-electron chi connectivity index (χ2n) is 8.26. The summed E-state index contributed by atoms with van der Waals surface area (Å²) in [6.45, 7) is 1.81. The number of nitrogens with zero attached hydrogens (tertiary/aromatic N) is 1. The SMILES string of the molecule is COc1ccccc1-c1ccc(CN2CC[C@@H](NS(=O)(=O)c3cccc(C(F)(F)F)c3)C2)cc1. The maximum Gasteiger partial charge on any atom is 0.416 e. The molecule has 0 unspecified atom stereocenters. The van der Waals surface area contributed by atoms with Crippen LogP contribution in [0.5, 0.6) is 5.75 Å². The van der Waals surface area contributed by atoms with E-state index < -0.39 is 21.8 Å². The van der Waals surface area contributed by atoms with E-state index in [1.54, 1.807) is 7.11 Å². The average molecular weight is 491 g/mol. The Hall–Kier alpha value is -2.88. The van der Waals surface area contributed by atoms with E-state index in [4.69, 9.17) is 4.74 Å². The van der Waals surface area contributed by atoms with Crippen LogP contribution >= 0.6 is 0 Å². The van der Waals surface area contributed by atoms with E-state index in [0.29, 0.717) is 32.1 Å². The van der Waals surface area contributed by atoms with Gasteiger partial charge in [-0.15, -0.1) is 0 Å². The summed E-state index contributed by atoms with van der Waals surface area (Å²) in [4.78, 5) is 1.74. The van der Waals surface area contributed by atoms with E-state index in [0.717, 1.165) is 34.6 Å². The second kappa shape index (κ2) is 9.77. The van der Waals surface area contributed by atoms with Gasteiger partial charge in [0, 0.05) is 31.2 Å². The van der Waals surface area contributed by atoms with Crippen LogP contribution in [0.15, 0.2) is 77.7 Å². The molecule has 1 N–H and O–H groups in total. The molecule has 180 valence electrons. The van der Waals surface area contributed by atoms with Gasteiger partial charge in [-0.25, -0.2) is 13.1 Å². The lowest BCUT2D eigenvalue weighted by Crippen LogP contribution is -2.37. The molecule has 1 aliphatic heterocycles. The van der Waals surface area contributed by atoms with Gasteiger partial charge in [0.2, 0.25) is 10.0 Å². The largest absolute Gasteiger partial charge is 0.496 e. The summed E-state index contributed by atoms with van der Waals surface area (Å²) in [7, 11) is -2.42. The smallest absolute Gasteiger partial charge is 0.416 e. The molecule has 0 radical (unpaired) electrons. The van der Waals surface area contributed by atoms with Gasteiger partial charge >= 0.3 is 6.18 Å². The number of halogens is 3.